The maximum atomic E-state index is 12.5. The summed E-state index contributed by atoms with van der Waals surface area (Å²) in [5.74, 6) is -0.0330. The summed E-state index contributed by atoms with van der Waals surface area (Å²) < 4.78 is 5.50. The van der Waals surface area contributed by atoms with Crippen LogP contribution in [0.3, 0.4) is 0 Å². The number of carbonyl (C=O) groups is 2. The fraction of sp³-hybridized carbons (Fsp3) is 0.937. The van der Waals surface area contributed by atoms with E-state index in [1.807, 2.05) is 0 Å². The summed E-state index contributed by atoms with van der Waals surface area (Å²) in [7, 11) is 0. The monoisotopic (exact) mass is 974 g/mol. The Kier molecular flexibility index (Phi) is 58.0. The average molecular weight is 975 g/mol. The Balaban J connectivity index is 3.40. The molecule has 0 saturated carbocycles. The molecular weight excluding hydrogens is 851 g/mol. The van der Waals surface area contributed by atoms with Crippen LogP contribution in [0.4, 0.5) is 0 Å². The Morgan fingerprint density at radius 2 is 0.681 bits per heavy atom. The fourth-order valence-corrected chi connectivity index (χ4v) is 9.99. The van der Waals surface area contributed by atoms with E-state index >= 15 is 0 Å². The van der Waals surface area contributed by atoms with Crippen molar-refractivity contribution in [3.63, 3.8) is 0 Å². The Morgan fingerprint density at radius 3 is 1.03 bits per heavy atom. The van der Waals surface area contributed by atoms with Gasteiger partial charge in [0.15, 0.2) is 0 Å². The maximum Gasteiger partial charge on any atom is 0.305 e. The van der Waals surface area contributed by atoms with Crippen molar-refractivity contribution in [2.75, 3.05) is 13.2 Å². The predicted molar refractivity (Wildman–Crippen MR) is 301 cm³/mol. The number of unbranched alkanes of at least 4 members (excludes halogenated alkanes) is 46. The third-order valence-electron chi connectivity index (χ3n) is 14.8. The Morgan fingerprint density at radius 1 is 0.391 bits per heavy atom. The van der Waals surface area contributed by atoms with Gasteiger partial charge >= 0.3 is 5.97 Å². The van der Waals surface area contributed by atoms with Gasteiger partial charge in [-0.05, 0) is 51.4 Å². The number of rotatable bonds is 59. The molecule has 3 N–H and O–H groups in total. The van der Waals surface area contributed by atoms with E-state index in [2.05, 4.69) is 31.3 Å². The standard InChI is InChI=1S/C63H123NO5/c1-3-5-7-9-11-13-15-17-19-20-22-26-29-33-37-41-45-49-53-57-63(68)69-58-54-50-46-42-38-34-30-27-24-21-23-25-28-32-36-40-44-48-52-56-62(67)64-60(59-65)61(66)55-51-47-43-39-35-31-18-16-14-12-10-8-6-4-2/h21,23,60-61,65-66H,3-20,22,24-59H2,1-2H3,(H,64,67)/b23-21-. The summed E-state index contributed by atoms with van der Waals surface area (Å²) in [4.78, 5) is 24.6. The van der Waals surface area contributed by atoms with Gasteiger partial charge in [0.25, 0.3) is 0 Å². The van der Waals surface area contributed by atoms with Crippen LogP contribution in [0, 0.1) is 0 Å². The number of carbonyl (C=O) groups excluding carboxylic acids is 2. The number of amides is 1. The molecule has 0 fully saturated rings. The van der Waals surface area contributed by atoms with Gasteiger partial charge in [-0.25, -0.2) is 0 Å². The quantitative estimate of drug-likeness (QED) is 0.0321. The van der Waals surface area contributed by atoms with E-state index in [1.165, 1.54) is 283 Å². The van der Waals surface area contributed by atoms with E-state index in [9.17, 15) is 19.8 Å². The molecule has 6 nitrogen and oxygen atoms in total. The highest BCUT2D eigenvalue weighted by Crippen LogP contribution is 2.18. The van der Waals surface area contributed by atoms with Gasteiger partial charge in [0.1, 0.15) is 0 Å². The van der Waals surface area contributed by atoms with Crippen LogP contribution in [0.5, 0.6) is 0 Å². The van der Waals surface area contributed by atoms with Crippen LogP contribution in [-0.2, 0) is 14.3 Å². The van der Waals surface area contributed by atoms with Crippen molar-refractivity contribution >= 4 is 11.9 Å². The SMILES string of the molecule is CCCCCCCCCCCCCCCCCCCCCC(=O)OCCCCCCCCCC/C=C\CCCCCCCCCC(=O)NC(CO)C(O)CCCCCCCCCCCCCCCC. The number of hydrogen-bond donors (Lipinski definition) is 3. The highest BCUT2D eigenvalue weighted by Gasteiger charge is 2.20. The Bertz CT molecular complexity index is 1030. The Labute approximate surface area is 431 Å². The second-order valence-corrected chi connectivity index (χ2v) is 21.7. The summed E-state index contributed by atoms with van der Waals surface area (Å²) in [6.07, 6.45) is 70.8. The molecule has 0 bridgehead atoms. The van der Waals surface area contributed by atoms with Gasteiger partial charge in [0, 0.05) is 12.8 Å². The molecule has 0 aromatic rings. The zero-order chi connectivity index (χ0) is 50.0. The molecule has 0 aromatic carbocycles. The molecule has 0 aliphatic heterocycles. The lowest BCUT2D eigenvalue weighted by Gasteiger charge is -2.22. The average Bonchev–Trinajstić information content (AvgIpc) is 3.35. The molecule has 2 unspecified atom stereocenters. The molecule has 0 rings (SSSR count). The molecule has 0 spiro atoms. The molecule has 2 atom stereocenters. The van der Waals surface area contributed by atoms with Crippen LogP contribution in [0.15, 0.2) is 12.2 Å². The van der Waals surface area contributed by atoms with Gasteiger partial charge in [-0.1, -0.05) is 302 Å². The summed E-state index contributed by atoms with van der Waals surface area (Å²) in [5, 5.41) is 23.3. The van der Waals surface area contributed by atoms with Crippen LogP contribution >= 0.6 is 0 Å². The summed E-state index contributed by atoms with van der Waals surface area (Å²) in [6, 6.07) is -0.547. The van der Waals surface area contributed by atoms with E-state index in [0.29, 0.717) is 25.9 Å². The lowest BCUT2D eigenvalue weighted by atomic mass is 10.0. The van der Waals surface area contributed by atoms with E-state index in [-0.39, 0.29) is 18.5 Å². The van der Waals surface area contributed by atoms with Crippen LogP contribution in [0.25, 0.3) is 0 Å². The molecule has 0 radical (unpaired) electrons. The molecule has 1 amide bonds. The minimum absolute atomic E-state index is 0.00949. The zero-order valence-corrected chi connectivity index (χ0v) is 46.8. The summed E-state index contributed by atoms with van der Waals surface area (Å²) >= 11 is 0. The van der Waals surface area contributed by atoms with Crippen molar-refractivity contribution in [2.45, 2.75) is 366 Å². The highest BCUT2D eigenvalue weighted by atomic mass is 16.5. The molecule has 0 aliphatic carbocycles. The maximum absolute atomic E-state index is 12.5. The molecule has 0 aromatic heterocycles. The third-order valence-corrected chi connectivity index (χ3v) is 14.8. The molecule has 0 aliphatic rings. The summed E-state index contributed by atoms with van der Waals surface area (Å²) in [6.45, 7) is 4.97. The number of allylic oxidation sites excluding steroid dienone is 2. The fourth-order valence-electron chi connectivity index (χ4n) is 9.99. The molecule has 6 heteroatoms. The second kappa shape index (κ2) is 59.2. The minimum atomic E-state index is -0.669. The van der Waals surface area contributed by atoms with Gasteiger partial charge in [-0.2, -0.15) is 0 Å². The van der Waals surface area contributed by atoms with Crippen molar-refractivity contribution in [1.29, 1.82) is 0 Å². The highest BCUT2D eigenvalue weighted by molar-refractivity contribution is 5.76. The van der Waals surface area contributed by atoms with Crippen molar-refractivity contribution in [1.82, 2.24) is 5.32 Å². The summed E-state index contributed by atoms with van der Waals surface area (Å²) in [5.41, 5.74) is 0. The number of hydrogen-bond acceptors (Lipinski definition) is 5. The van der Waals surface area contributed by atoms with Gasteiger partial charge in [0.2, 0.25) is 5.91 Å². The third kappa shape index (κ3) is 55.8. The van der Waals surface area contributed by atoms with Gasteiger partial charge in [-0.15, -0.1) is 0 Å². The van der Waals surface area contributed by atoms with Crippen molar-refractivity contribution in [3.8, 4) is 0 Å². The van der Waals surface area contributed by atoms with Crippen LogP contribution in [-0.4, -0.2) is 47.4 Å². The van der Waals surface area contributed by atoms with Crippen molar-refractivity contribution < 1.29 is 24.5 Å². The van der Waals surface area contributed by atoms with Gasteiger partial charge < -0.3 is 20.3 Å². The minimum Gasteiger partial charge on any atom is -0.466 e. The normalized spacial score (nSPS) is 12.6. The smallest absolute Gasteiger partial charge is 0.305 e. The van der Waals surface area contributed by atoms with Crippen LogP contribution in [0.1, 0.15) is 354 Å². The van der Waals surface area contributed by atoms with E-state index in [4.69, 9.17) is 4.74 Å². The number of aliphatic hydroxyl groups is 2. The molecule has 410 valence electrons. The lowest BCUT2D eigenvalue weighted by molar-refractivity contribution is -0.143. The number of esters is 1. The van der Waals surface area contributed by atoms with Crippen LogP contribution < -0.4 is 5.32 Å². The molecule has 0 saturated heterocycles. The lowest BCUT2D eigenvalue weighted by Crippen LogP contribution is -2.45. The first-order valence-electron chi connectivity index (χ1n) is 31.4. The molecule has 0 heterocycles. The Hall–Kier alpha value is -1.40. The van der Waals surface area contributed by atoms with E-state index < -0.39 is 12.1 Å². The second-order valence-electron chi connectivity index (χ2n) is 21.7. The van der Waals surface area contributed by atoms with E-state index in [1.54, 1.807) is 0 Å². The van der Waals surface area contributed by atoms with Gasteiger partial charge in [0.05, 0.1) is 25.4 Å². The van der Waals surface area contributed by atoms with Gasteiger partial charge in [-0.3, -0.25) is 9.59 Å². The first-order chi connectivity index (χ1) is 34.0. The number of nitrogens with one attached hydrogen (secondary N) is 1. The first-order valence-corrected chi connectivity index (χ1v) is 31.4. The number of aliphatic hydroxyl groups excluding tert-OH is 2. The topological polar surface area (TPSA) is 95.9 Å². The van der Waals surface area contributed by atoms with E-state index in [0.717, 1.165) is 38.5 Å². The largest absolute Gasteiger partial charge is 0.466 e. The number of ether oxygens (including phenoxy) is 1. The van der Waals surface area contributed by atoms with Crippen molar-refractivity contribution in [2.24, 2.45) is 0 Å². The molecule has 69 heavy (non-hydrogen) atoms. The van der Waals surface area contributed by atoms with Crippen molar-refractivity contribution in [3.05, 3.63) is 12.2 Å². The zero-order valence-electron chi connectivity index (χ0n) is 46.8. The first kappa shape index (κ1) is 67.6. The predicted octanol–water partition coefficient (Wildman–Crippen LogP) is 19.6. The van der Waals surface area contributed by atoms with Crippen LogP contribution in [0.2, 0.25) is 0 Å². The molecular formula is C63H123NO5.